The first kappa shape index (κ1) is 13.0. The Balaban J connectivity index is 1.90. The van der Waals surface area contributed by atoms with Gasteiger partial charge in [-0.3, -0.25) is 0 Å². The van der Waals surface area contributed by atoms with Crippen LogP contribution in [0.25, 0.3) is 0 Å². The molecule has 0 amide bonds. The Bertz CT molecular complexity index is 622. The Hall–Kier alpha value is -2.00. The van der Waals surface area contributed by atoms with Gasteiger partial charge in [-0.25, -0.2) is 0 Å². The molecule has 3 heteroatoms. The fraction of sp³-hybridized carbons (Fsp3) is 0.294. The minimum atomic E-state index is 0.577. The fourth-order valence-corrected chi connectivity index (χ4v) is 2.51. The van der Waals surface area contributed by atoms with E-state index in [0.717, 1.165) is 23.5 Å². The highest BCUT2D eigenvalue weighted by atomic mass is 16.6. The summed E-state index contributed by atoms with van der Waals surface area (Å²) in [5.41, 5.74) is 10.6. The van der Waals surface area contributed by atoms with E-state index in [4.69, 9.17) is 15.2 Å². The van der Waals surface area contributed by atoms with Gasteiger partial charge in [-0.1, -0.05) is 24.3 Å². The number of hydrogen-bond donors (Lipinski definition) is 1. The summed E-state index contributed by atoms with van der Waals surface area (Å²) in [6.07, 6.45) is 0.885. The van der Waals surface area contributed by atoms with E-state index in [0.29, 0.717) is 19.8 Å². The highest BCUT2D eigenvalue weighted by Gasteiger charge is 2.14. The average molecular weight is 269 g/mol. The molecule has 0 spiro atoms. The summed E-state index contributed by atoms with van der Waals surface area (Å²) in [5, 5.41) is 0. The van der Waals surface area contributed by atoms with Gasteiger partial charge in [0.25, 0.3) is 0 Å². The zero-order chi connectivity index (χ0) is 13.9. The monoisotopic (exact) mass is 269 g/mol. The molecular weight excluding hydrogens is 250 g/mol. The molecule has 2 aromatic rings. The van der Waals surface area contributed by atoms with E-state index in [1.165, 1.54) is 16.7 Å². The maximum atomic E-state index is 5.70. The van der Waals surface area contributed by atoms with Crippen molar-refractivity contribution in [2.45, 2.75) is 19.9 Å². The Morgan fingerprint density at radius 3 is 2.45 bits per heavy atom. The molecule has 20 heavy (non-hydrogen) atoms. The summed E-state index contributed by atoms with van der Waals surface area (Å²) in [7, 11) is 0. The fourth-order valence-electron chi connectivity index (χ4n) is 2.51. The van der Waals surface area contributed by atoms with Crippen LogP contribution in [0, 0.1) is 6.92 Å². The highest BCUT2D eigenvalue weighted by molar-refractivity contribution is 5.49. The summed E-state index contributed by atoms with van der Waals surface area (Å²) in [5.74, 6) is 1.71. The van der Waals surface area contributed by atoms with Crippen LogP contribution in [0.5, 0.6) is 11.5 Å². The normalized spacial score (nSPS) is 13.3. The first-order chi connectivity index (χ1) is 9.76. The Morgan fingerprint density at radius 2 is 1.70 bits per heavy atom. The first-order valence-electron chi connectivity index (χ1n) is 6.93. The third kappa shape index (κ3) is 2.63. The quantitative estimate of drug-likeness (QED) is 0.932. The second-order valence-electron chi connectivity index (χ2n) is 5.12. The first-order valence-corrected chi connectivity index (χ1v) is 6.93. The predicted octanol–water partition coefficient (Wildman–Crippen LogP) is 2.82. The molecule has 0 saturated heterocycles. The molecule has 0 aliphatic carbocycles. The van der Waals surface area contributed by atoms with Gasteiger partial charge in [0, 0.05) is 6.54 Å². The van der Waals surface area contributed by atoms with Crippen molar-refractivity contribution in [3.05, 3.63) is 58.7 Å². The number of benzene rings is 2. The number of aryl methyl sites for hydroxylation is 1. The number of nitrogens with two attached hydrogens (primary N) is 1. The summed E-state index contributed by atoms with van der Waals surface area (Å²) >= 11 is 0. The van der Waals surface area contributed by atoms with Crippen LogP contribution in [-0.2, 0) is 13.0 Å². The summed E-state index contributed by atoms with van der Waals surface area (Å²) in [6, 6.07) is 12.6. The molecule has 3 nitrogen and oxygen atoms in total. The molecule has 104 valence electrons. The lowest BCUT2D eigenvalue weighted by molar-refractivity contribution is 0.171. The van der Waals surface area contributed by atoms with Crippen molar-refractivity contribution in [2.75, 3.05) is 13.2 Å². The zero-order valence-electron chi connectivity index (χ0n) is 11.7. The lowest BCUT2D eigenvalue weighted by Crippen LogP contribution is -2.15. The maximum Gasteiger partial charge on any atom is 0.161 e. The molecule has 0 unspecified atom stereocenters. The summed E-state index contributed by atoms with van der Waals surface area (Å²) in [6.45, 7) is 3.94. The summed E-state index contributed by atoms with van der Waals surface area (Å²) < 4.78 is 11.3. The molecule has 0 fully saturated rings. The molecule has 0 aromatic heterocycles. The number of rotatable bonds is 3. The Labute approximate surface area is 119 Å². The SMILES string of the molecule is Cc1cc2c(cc1Cc1cccc(CN)c1)OCCO2. The van der Waals surface area contributed by atoms with E-state index in [-0.39, 0.29) is 0 Å². The van der Waals surface area contributed by atoms with Gasteiger partial charge >= 0.3 is 0 Å². The van der Waals surface area contributed by atoms with E-state index >= 15 is 0 Å². The molecular formula is C17H19NO2. The topological polar surface area (TPSA) is 44.5 Å². The van der Waals surface area contributed by atoms with Crippen molar-refractivity contribution < 1.29 is 9.47 Å². The van der Waals surface area contributed by atoms with Crippen LogP contribution in [0.2, 0.25) is 0 Å². The van der Waals surface area contributed by atoms with Crippen molar-refractivity contribution in [2.24, 2.45) is 5.73 Å². The Kier molecular flexibility index (Phi) is 3.61. The van der Waals surface area contributed by atoms with Crippen LogP contribution < -0.4 is 15.2 Å². The van der Waals surface area contributed by atoms with Gasteiger partial charge in [-0.05, 0) is 47.7 Å². The molecule has 3 rings (SSSR count). The van der Waals surface area contributed by atoms with Crippen LogP contribution in [0.1, 0.15) is 22.3 Å². The van der Waals surface area contributed by atoms with Crippen molar-refractivity contribution in [3.63, 3.8) is 0 Å². The lowest BCUT2D eigenvalue weighted by Gasteiger charge is -2.20. The van der Waals surface area contributed by atoms with Gasteiger partial charge < -0.3 is 15.2 Å². The van der Waals surface area contributed by atoms with Crippen LogP contribution >= 0.6 is 0 Å². The van der Waals surface area contributed by atoms with E-state index in [1.807, 2.05) is 0 Å². The van der Waals surface area contributed by atoms with Gasteiger partial charge in [0.05, 0.1) is 0 Å². The minimum absolute atomic E-state index is 0.577. The van der Waals surface area contributed by atoms with E-state index in [1.54, 1.807) is 0 Å². The number of hydrogen-bond acceptors (Lipinski definition) is 3. The highest BCUT2D eigenvalue weighted by Crippen LogP contribution is 2.33. The maximum absolute atomic E-state index is 5.70. The smallest absolute Gasteiger partial charge is 0.161 e. The van der Waals surface area contributed by atoms with Crippen molar-refractivity contribution >= 4 is 0 Å². The average Bonchev–Trinajstić information content (AvgIpc) is 2.48. The van der Waals surface area contributed by atoms with Gasteiger partial charge in [0.2, 0.25) is 0 Å². The van der Waals surface area contributed by atoms with E-state index in [9.17, 15) is 0 Å². The van der Waals surface area contributed by atoms with E-state index in [2.05, 4.69) is 43.3 Å². The molecule has 0 atom stereocenters. The molecule has 1 aliphatic rings. The second kappa shape index (κ2) is 5.55. The minimum Gasteiger partial charge on any atom is -0.486 e. The van der Waals surface area contributed by atoms with Gasteiger partial charge in [-0.15, -0.1) is 0 Å². The molecule has 2 N–H and O–H groups in total. The van der Waals surface area contributed by atoms with Gasteiger partial charge in [0.15, 0.2) is 11.5 Å². The second-order valence-corrected chi connectivity index (χ2v) is 5.12. The third-order valence-electron chi connectivity index (χ3n) is 3.62. The number of fused-ring (bicyclic) bond motifs is 1. The van der Waals surface area contributed by atoms with Crippen LogP contribution in [0.15, 0.2) is 36.4 Å². The largest absolute Gasteiger partial charge is 0.486 e. The van der Waals surface area contributed by atoms with Crippen molar-refractivity contribution in [3.8, 4) is 11.5 Å². The van der Waals surface area contributed by atoms with Crippen molar-refractivity contribution in [1.29, 1.82) is 0 Å². The zero-order valence-corrected chi connectivity index (χ0v) is 11.7. The van der Waals surface area contributed by atoms with Crippen LogP contribution in [-0.4, -0.2) is 13.2 Å². The van der Waals surface area contributed by atoms with Crippen molar-refractivity contribution in [1.82, 2.24) is 0 Å². The predicted molar refractivity (Wildman–Crippen MR) is 79.3 cm³/mol. The van der Waals surface area contributed by atoms with E-state index < -0.39 is 0 Å². The standard InChI is InChI=1S/C17H19NO2/c1-12-7-16-17(20-6-5-19-16)10-15(12)9-13-3-2-4-14(8-13)11-18/h2-4,7-8,10H,5-6,9,11,18H2,1H3. The Morgan fingerprint density at radius 1 is 1.00 bits per heavy atom. The molecule has 1 heterocycles. The van der Waals surface area contributed by atoms with Crippen LogP contribution in [0.4, 0.5) is 0 Å². The van der Waals surface area contributed by atoms with Gasteiger partial charge in [0.1, 0.15) is 13.2 Å². The summed E-state index contributed by atoms with van der Waals surface area (Å²) in [4.78, 5) is 0. The molecule has 0 saturated carbocycles. The molecule has 0 bridgehead atoms. The van der Waals surface area contributed by atoms with Gasteiger partial charge in [-0.2, -0.15) is 0 Å². The molecule has 2 aromatic carbocycles. The lowest BCUT2D eigenvalue weighted by atomic mass is 9.98. The third-order valence-corrected chi connectivity index (χ3v) is 3.62. The number of ether oxygens (including phenoxy) is 2. The van der Waals surface area contributed by atoms with Crippen LogP contribution in [0.3, 0.4) is 0 Å². The molecule has 1 aliphatic heterocycles. The molecule has 0 radical (unpaired) electrons.